The van der Waals surface area contributed by atoms with Crippen molar-refractivity contribution in [3.63, 3.8) is 0 Å². The summed E-state index contributed by atoms with van der Waals surface area (Å²) < 4.78 is 5.37. The van der Waals surface area contributed by atoms with Crippen LogP contribution in [0.1, 0.15) is 18.4 Å². The molecule has 1 aromatic carbocycles. The summed E-state index contributed by atoms with van der Waals surface area (Å²) in [5.41, 5.74) is 0.742. The fraction of sp³-hybridized carbons (Fsp3) is 0.350. The van der Waals surface area contributed by atoms with Gasteiger partial charge in [0.05, 0.1) is 18.1 Å². The quantitative estimate of drug-likeness (QED) is 0.367. The molecule has 126 valence electrons. The zero-order chi connectivity index (χ0) is 17.4. The second-order valence-corrected chi connectivity index (χ2v) is 6.64. The average molecular weight is 334 g/mol. The number of hydrogen-bond acceptors (Lipinski definition) is 4. The smallest absolute Gasteiger partial charge is 0.254 e. The van der Waals surface area contributed by atoms with E-state index in [1.165, 1.54) is 6.21 Å². The fourth-order valence-corrected chi connectivity index (χ4v) is 4.11. The number of amides is 2. The van der Waals surface area contributed by atoms with Gasteiger partial charge in [0.15, 0.2) is 0 Å². The summed E-state index contributed by atoms with van der Waals surface area (Å²) in [6, 6.07) is 7.20. The van der Waals surface area contributed by atoms with Crippen molar-refractivity contribution in [1.82, 2.24) is 5.01 Å². The van der Waals surface area contributed by atoms with Gasteiger partial charge in [0.25, 0.3) is 11.8 Å². The van der Waals surface area contributed by atoms with Crippen LogP contribution in [-0.4, -0.2) is 29.6 Å². The monoisotopic (exact) mass is 334 g/mol. The number of allylic oxidation sites excluding steroid dienone is 2. The van der Waals surface area contributed by atoms with E-state index in [0.717, 1.165) is 23.4 Å². The Morgan fingerprint density at radius 2 is 1.88 bits per heavy atom. The van der Waals surface area contributed by atoms with Gasteiger partial charge in [-0.2, -0.15) is 10.1 Å². The highest BCUT2D eigenvalue weighted by molar-refractivity contribution is 6.06. The summed E-state index contributed by atoms with van der Waals surface area (Å²) in [6.07, 6.45) is 12.9. The van der Waals surface area contributed by atoms with Gasteiger partial charge in [-0.15, -0.1) is 6.42 Å². The number of rotatable bonds is 4. The van der Waals surface area contributed by atoms with Gasteiger partial charge in [0, 0.05) is 0 Å². The van der Waals surface area contributed by atoms with Crippen molar-refractivity contribution in [3.8, 4) is 18.1 Å². The van der Waals surface area contributed by atoms with Crippen LogP contribution in [0, 0.1) is 36.0 Å². The van der Waals surface area contributed by atoms with E-state index in [9.17, 15) is 9.59 Å². The third kappa shape index (κ3) is 2.64. The molecule has 0 unspecified atom stereocenters. The molecule has 0 spiro atoms. The maximum atomic E-state index is 12.7. The molecule has 4 atom stereocenters. The minimum Gasteiger partial charge on any atom is -0.481 e. The standard InChI is InChI=1S/C20H18N2O3/c1-2-10-25-16-5-3-4-13(11-16)12-21-22-19(23)17-14-6-7-15(9-8-14)18(17)20(22)24/h1,3-7,11-12,14-15,17-18H,8-10H2/b21-12-/t14-,15-,17-,18+/m0/s1. The van der Waals surface area contributed by atoms with Crippen LogP contribution in [-0.2, 0) is 9.59 Å². The van der Waals surface area contributed by atoms with Gasteiger partial charge in [-0.05, 0) is 42.4 Å². The molecule has 3 aliphatic carbocycles. The van der Waals surface area contributed by atoms with Crippen LogP contribution in [0.3, 0.4) is 0 Å². The van der Waals surface area contributed by atoms with Crippen molar-refractivity contribution in [1.29, 1.82) is 0 Å². The largest absolute Gasteiger partial charge is 0.481 e. The molecule has 2 bridgehead atoms. The summed E-state index contributed by atoms with van der Waals surface area (Å²) in [7, 11) is 0. The zero-order valence-electron chi connectivity index (χ0n) is 13.7. The Kier molecular flexibility index (Phi) is 3.89. The lowest BCUT2D eigenvalue weighted by Crippen LogP contribution is -2.38. The molecule has 0 N–H and O–H groups in total. The molecule has 1 saturated carbocycles. The molecule has 1 heterocycles. The fourth-order valence-electron chi connectivity index (χ4n) is 4.11. The number of nitrogens with zero attached hydrogens (tertiary/aromatic N) is 2. The van der Waals surface area contributed by atoms with Crippen molar-refractivity contribution in [2.24, 2.45) is 28.8 Å². The van der Waals surface area contributed by atoms with Crippen molar-refractivity contribution in [2.75, 3.05) is 6.61 Å². The molecular formula is C20H18N2O3. The molecule has 5 rings (SSSR count). The Morgan fingerprint density at radius 1 is 1.20 bits per heavy atom. The number of imide groups is 1. The van der Waals surface area contributed by atoms with Gasteiger partial charge in [-0.1, -0.05) is 30.2 Å². The molecule has 2 amide bonds. The molecule has 4 aliphatic rings. The number of carbonyl (C=O) groups is 2. The van der Waals surface area contributed by atoms with Gasteiger partial charge in [-0.3, -0.25) is 9.59 Å². The summed E-state index contributed by atoms with van der Waals surface area (Å²) in [5, 5.41) is 5.24. The first-order chi connectivity index (χ1) is 12.2. The van der Waals surface area contributed by atoms with E-state index in [1.54, 1.807) is 12.1 Å². The third-order valence-electron chi connectivity index (χ3n) is 5.24. The molecule has 1 saturated heterocycles. The Bertz CT molecular complexity index is 788. The van der Waals surface area contributed by atoms with Crippen molar-refractivity contribution >= 4 is 18.0 Å². The van der Waals surface area contributed by atoms with E-state index in [4.69, 9.17) is 11.2 Å². The molecule has 1 aromatic rings. The van der Waals surface area contributed by atoms with E-state index < -0.39 is 0 Å². The lowest BCUT2D eigenvalue weighted by Gasteiger charge is -2.37. The van der Waals surface area contributed by atoms with Crippen molar-refractivity contribution < 1.29 is 14.3 Å². The van der Waals surface area contributed by atoms with Crippen LogP contribution in [0.25, 0.3) is 0 Å². The minimum absolute atomic E-state index is 0.173. The number of carbonyl (C=O) groups excluding carboxylic acids is 2. The van der Waals surface area contributed by atoms with E-state index >= 15 is 0 Å². The number of fused-ring (bicyclic) bond motifs is 1. The summed E-state index contributed by atoms with van der Waals surface area (Å²) in [6.45, 7) is 0.183. The Labute approximate surface area is 146 Å². The first kappa shape index (κ1) is 15.6. The number of benzene rings is 1. The van der Waals surface area contributed by atoms with Gasteiger partial charge < -0.3 is 4.74 Å². The topological polar surface area (TPSA) is 59.0 Å². The highest BCUT2D eigenvalue weighted by Gasteiger charge is 2.56. The third-order valence-corrected chi connectivity index (χ3v) is 5.24. The Hall–Kier alpha value is -2.87. The number of terminal acetylenes is 1. The summed E-state index contributed by atoms with van der Waals surface area (Å²) in [5.74, 6) is 2.55. The SMILES string of the molecule is C#CCOc1cccc(/C=N\N2C(=O)[C@@H]3[C@H](C2=O)[C@H]2C=C[C@H]3CC2)c1. The molecule has 5 nitrogen and oxygen atoms in total. The van der Waals surface area contributed by atoms with Crippen molar-refractivity contribution in [3.05, 3.63) is 42.0 Å². The van der Waals surface area contributed by atoms with Crippen LogP contribution < -0.4 is 4.74 Å². The van der Waals surface area contributed by atoms with E-state index in [1.807, 2.05) is 12.1 Å². The van der Waals surface area contributed by atoms with Gasteiger partial charge >= 0.3 is 0 Å². The number of ether oxygens (including phenoxy) is 1. The maximum absolute atomic E-state index is 12.7. The van der Waals surface area contributed by atoms with E-state index in [-0.39, 0.29) is 42.1 Å². The van der Waals surface area contributed by atoms with Crippen LogP contribution in [0.4, 0.5) is 0 Å². The first-order valence-corrected chi connectivity index (χ1v) is 8.45. The average Bonchev–Trinajstić information content (AvgIpc) is 2.92. The predicted molar refractivity (Wildman–Crippen MR) is 92.6 cm³/mol. The summed E-state index contributed by atoms with van der Waals surface area (Å²) in [4.78, 5) is 25.4. The highest BCUT2D eigenvalue weighted by Crippen LogP contribution is 2.49. The lowest BCUT2D eigenvalue weighted by atomic mass is 9.63. The van der Waals surface area contributed by atoms with E-state index in [0.29, 0.717) is 5.75 Å². The Balaban J connectivity index is 1.54. The highest BCUT2D eigenvalue weighted by atomic mass is 16.5. The lowest BCUT2D eigenvalue weighted by molar-refractivity contribution is -0.140. The second-order valence-electron chi connectivity index (χ2n) is 6.64. The normalized spacial score (nSPS) is 30.0. The minimum atomic E-state index is -0.237. The van der Waals surface area contributed by atoms with Crippen molar-refractivity contribution in [2.45, 2.75) is 12.8 Å². The van der Waals surface area contributed by atoms with Gasteiger partial charge in [-0.25, -0.2) is 0 Å². The van der Waals surface area contributed by atoms with E-state index in [2.05, 4.69) is 23.2 Å². The summed E-state index contributed by atoms with van der Waals surface area (Å²) >= 11 is 0. The molecule has 5 heteroatoms. The first-order valence-electron chi connectivity index (χ1n) is 8.45. The molecular weight excluding hydrogens is 316 g/mol. The number of hydrogen-bond donors (Lipinski definition) is 0. The molecule has 25 heavy (non-hydrogen) atoms. The molecule has 1 aliphatic heterocycles. The molecule has 0 radical (unpaired) electrons. The van der Waals surface area contributed by atoms with Gasteiger partial charge in [0.1, 0.15) is 12.4 Å². The molecule has 2 fully saturated rings. The Morgan fingerprint density at radius 3 is 2.48 bits per heavy atom. The maximum Gasteiger partial charge on any atom is 0.254 e. The zero-order valence-corrected chi connectivity index (χ0v) is 13.7. The van der Waals surface area contributed by atoms with Crippen LogP contribution in [0.2, 0.25) is 0 Å². The van der Waals surface area contributed by atoms with Crippen LogP contribution in [0.15, 0.2) is 41.5 Å². The number of hydrazone groups is 1. The predicted octanol–water partition coefficient (Wildman–Crippen LogP) is 2.23. The second kappa shape index (κ2) is 6.21. The molecule has 0 aromatic heterocycles. The van der Waals surface area contributed by atoms with Crippen LogP contribution in [0.5, 0.6) is 5.75 Å². The van der Waals surface area contributed by atoms with Gasteiger partial charge in [0.2, 0.25) is 0 Å². The van der Waals surface area contributed by atoms with Crippen LogP contribution >= 0.6 is 0 Å².